The largest absolute Gasteiger partial charge is 0.459 e. The van der Waals surface area contributed by atoms with E-state index in [0.717, 1.165) is 0 Å². The number of carbonyl (C=O) groups excluding carboxylic acids is 1. The molecule has 4 rings (SSSR count). The summed E-state index contributed by atoms with van der Waals surface area (Å²) in [7, 11) is 0. The van der Waals surface area contributed by atoms with Gasteiger partial charge in [0, 0.05) is 22.7 Å². The summed E-state index contributed by atoms with van der Waals surface area (Å²) in [5.74, 6) is -3.38. The Balaban J connectivity index is 1.99. The minimum absolute atomic E-state index is 0.510. The number of carbonyl (C=O) groups is 1. The van der Waals surface area contributed by atoms with Gasteiger partial charge in [-0.1, -0.05) is 32.9 Å². The van der Waals surface area contributed by atoms with E-state index in [0.29, 0.717) is 0 Å². The van der Waals surface area contributed by atoms with E-state index in [-0.39, 0.29) is 0 Å². The second-order valence-corrected chi connectivity index (χ2v) is 9.38. The van der Waals surface area contributed by atoms with Gasteiger partial charge >= 0.3 is 5.97 Å². The fourth-order valence-corrected chi connectivity index (χ4v) is 7.13. The predicted octanol–water partition coefficient (Wildman–Crippen LogP) is -0.799. The first-order valence-corrected chi connectivity index (χ1v) is 9.24. The van der Waals surface area contributed by atoms with Crippen LogP contribution in [0.5, 0.6) is 0 Å². The first kappa shape index (κ1) is 18.4. The Morgan fingerprint density at radius 3 is 2.19 bits per heavy atom. The summed E-state index contributed by atoms with van der Waals surface area (Å²) in [6.45, 7) is 6.72. The number of ether oxygens (including phenoxy) is 1. The summed E-state index contributed by atoms with van der Waals surface area (Å²) in [5, 5.41) is 54.6. The molecule has 1 heterocycles. The molecule has 4 aliphatic rings. The van der Waals surface area contributed by atoms with E-state index in [1.807, 2.05) is 0 Å². The van der Waals surface area contributed by atoms with E-state index in [4.69, 9.17) is 4.74 Å². The number of rotatable bonds is 0. The maximum absolute atomic E-state index is 12.7. The first-order valence-electron chi connectivity index (χ1n) is 9.24. The molecule has 12 unspecified atom stereocenters. The van der Waals surface area contributed by atoms with E-state index >= 15 is 0 Å². The molecule has 7 heteroatoms. The van der Waals surface area contributed by atoms with Gasteiger partial charge in [0.1, 0.15) is 6.10 Å². The van der Waals surface area contributed by atoms with Gasteiger partial charge in [0.25, 0.3) is 0 Å². The lowest BCUT2D eigenvalue weighted by atomic mass is 9.38. The van der Waals surface area contributed by atoms with Gasteiger partial charge in [0.15, 0.2) is 0 Å². The highest BCUT2D eigenvalue weighted by Gasteiger charge is 2.78. The van der Waals surface area contributed by atoms with Crippen molar-refractivity contribution in [1.82, 2.24) is 0 Å². The molecule has 0 aromatic heterocycles. The minimum atomic E-state index is -1.47. The number of aliphatic hydroxyl groups excluding tert-OH is 4. The molecule has 3 aliphatic carbocycles. The average Bonchev–Trinajstić information content (AvgIpc) is 2.80. The average molecular weight is 368 g/mol. The topological polar surface area (TPSA) is 127 Å². The van der Waals surface area contributed by atoms with Crippen molar-refractivity contribution in [1.29, 1.82) is 0 Å². The molecule has 146 valence electrons. The first-order chi connectivity index (χ1) is 11.9. The minimum Gasteiger partial charge on any atom is -0.459 e. The van der Waals surface area contributed by atoms with Crippen molar-refractivity contribution in [2.24, 2.45) is 34.5 Å². The molecule has 0 radical (unpaired) electrons. The van der Waals surface area contributed by atoms with Crippen molar-refractivity contribution in [2.75, 3.05) is 0 Å². The van der Waals surface area contributed by atoms with E-state index in [9.17, 15) is 30.3 Å². The molecule has 0 aromatic carbocycles. The van der Waals surface area contributed by atoms with E-state index in [1.54, 1.807) is 20.8 Å². The molecular weight excluding hydrogens is 340 g/mol. The highest BCUT2D eigenvalue weighted by atomic mass is 16.6. The van der Waals surface area contributed by atoms with Crippen LogP contribution in [-0.4, -0.2) is 67.6 Å². The third kappa shape index (κ3) is 1.79. The van der Waals surface area contributed by atoms with Crippen molar-refractivity contribution in [3.63, 3.8) is 0 Å². The summed E-state index contributed by atoms with van der Waals surface area (Å²) >= 11 is 0. The molecule has 2 saturated carbocycles. The summed E-state index contributed by atoms with van der Waals surface area (Å²) in [6, 6.07) is 0. The molecule has 3 fully saturated rings. The summed E-state index contributed by atoms with van der Waals surface area (Å²) in [5.41, 5.74) is -3.59. The number of aliphatic hydroxyl groups is 5. The molecule has 0 spiro atoms. The van der Waals surface area contributed by atoms with Gasteiger partial charge in [0.2, 0.25) is 0 Å². The van der Waals surface area contributed by atoms with Gasteiger partial charge in [0.05, 0.1) is 35.9 Å². The Morgan fingerprint density at radius 1 is 0.962 bits per heavy atom. The van der Waals surface area contributed by atoms with Crippen LogP contribution < -0.4 is 0 Å². The Kier molecular flexibility index (Phi) is 3.59. The molecule has 0 bridgehead atoms. The number of esters is 1. The SMILES string of the molecule is CC1C(O)C(O)C2C3(C)C(OC(=O)C13)C(O)C1C(C)(O)C=CC(O)C12C. The Morgan fingerprint density at radius 2 is 1.58 bits per heavy atom. The molecule has 5 N–H and O–H groups in total. The number of hydrogen-bond donors (Lipinski definition) is 5. The molecule has 26 heavy (non-hydrogen) atoms. The van der Waals surface area contributed by atoms with Crippen molar-refractivity contribution in [2.45, 2.75) is 63.8 Å². The summed E-state index contributed by atoms with van der Waals surface area (Å²) in [4.78, 5) is 12.7. The van der Waals surface area contributed by atoms with E-state index in [1.165, 1.54) is 19.1 Å². The van der Waals surface area contributed by atoms with Crippen LogP contribution in [0.2, 0.25) is 0 Å². The Hall–Kier alpha value is -0.990. The van der Waals surface area contributed by atoms with Gasteiger partial charge in [-0.3, -0.25) is 4.79 Å². The second kappa shape index (κ2) is 5.08. The van der Waals surface area contributed by atoms with Gasteiger partial charge in [-0.2, -0.15) is 0 Å². The van der Waals surface area contributed by atoms with Crippen molar-refractivity contribution < 1.29 is 35.1 Å². The third-order valence-corrected chi connectivity index (χ3v) is 8.08. The van der Waals surface area contributed by atoms with Gasteiger partial charge in [-0.25, -0.2) is 0 Å². The molecular formula is C19H28O7. The predicted molar refractivity (Wildman–Crippen MR) is 89.5 cm³/mol. The fourth-order valence-electron chi connectivity index (χ4n) is 7.13. The van der Waals surface area contributed by atoms with Crippen LogP contribution >= 0.6 is 0 Å². The van der Waals surface area contributed by atoms with E-state index in [2.05, 4.69) is 0 Å². The smallest absolute Gasteiger partial charge is 0.310 e. The summed E-state index contributed by atoms with van der Waals surface area (Å²) in [6.07, 6.45) is -2.66. The molecule has 1 aliphatic heterocycles. The fraction of sp³-hybridized carbons (Fsp3) is 0.842. The zero-order valence-corrected chi connectivity index (χ0v) is 15.4. The van der Waals surface area contributed by atoms with Crippen LogP contribution in [-0.2, 0) is 9.53 Å². The number of hydrogen-bond acceptors (Lipinski definition) is 7. The van der Waals surface area contributed by atoms with Gasteiger partial charge in [-0.05, 0) is 12.8 Å². The van der Waals surface area contributed by atoms with Crippen LogP contribution in [0.1, 0.15) is 27.7 Å². The van der Waals surface area contributed by atoms with E-state index < -0.39 is 76.6 Å². The molecule has 0 amide bonds. The molecule has 1 saturated heterocycles. The van der Waals surface area contributed by atoms with Crippen LogP contribution in [0.3, 0.4) is 0 Å². The highest BCUT2D eigenvalue weighted by molar-refractivity contribution is 5.77. The maximum atomic E-state index is 12.7. The van der Waals surface area contributed by atoms with Crippen molar-refractivity contribution in [3.05, 3.63) is 12.2 Å². The highest BCUT2D eigenvalue weighted by Crippen LogP contribution is 2.69. The second-order valence-electron chi connectivity index (χ2n) is 9.38. The molecule has 0 aromatic rings. The lowest BCUT2D eigenvalue weighted by molar-refractivity contribution is -0.292. The summed E-state index contributed by atoms with van der Waals surface area (Å²) < 4.78 is 5.56. The lowest BCUT2D eigenvalue weighted by Crippen LogP contribution is -2.76. The van der Waals surface area contributed by atoms with Crippen LogP contribution in [0.25, 0.3) is 0 Å². The molecule has 12 atom stereocenters. The number of fused-ring (bicyclic) bond motifs is 2. The monoisotopic (exact) mass is 368 g/mol. The Labute approximate surface area is 152 Å². The quantitative estimate of drug-likeness (QED) is 0.280. The zero-order chi connectivity index (χ0) is 19.4. The van der Waals surface area contributed by atoms with Crippen molar-refractivity contribution in [3.8, 4) is 0 Å². The van der Waals surface area contributed by atoms with Gasteiger partial charge < -0.3 is 30.3 Å². The van der Waals surface area contributed by atoms with Crippen LogP contribution in [0.4, 0.5) is 0 Å². The van der Waals surface area contributed by atoms with Crippen LogP contribution in [0.15, 0.2) is 12.2 Å². The normalized spacial score (nSPS) is 63.9. The standard InChI is InChI=1S/C19H28O7/c1-7-9-16(24)26-15-12(23)13-17(2,25)6-5-8(20)18(13,3)14(19(9,15)4)11(22)10(7)21/h5-15,20-23,25H,1-4H3. The van der Waals surface area contributed by atoms with Crippen LogP contribution in [0, 0.1) is 34.5 Å². The molecule has 7 nitrogen and oxygen atoms in total. The van der Waals surface area contributed by atoms with Gasteiger partial charge in [-0.15, -0.1) is 0 Å². The lowest BCUT2D eigenvalue weighted by Gasteiger charge is -2.67. The maximum Gasteiger partial charge on any atom is 0.310 e. The van der Waals surface area contributed by atoms with Crippen molar-refractivity contribution >= 4 is 5.97 Å². The third-order valence-electron chi connectivity index (χ3n) is 8.08. The zero-order valence-electron chi connectivity index (χ0n) is 15.4. The Bertz CT molecular complexity index is 675.